The Hall–Kier alpha value is -1.78. The van der Waals surface area contributed by atoms with E-state index < -0.39 is 17.9 Å². The lowest BCUT2D eigenvalue weighted by Gasteiger charge is -2.39. The van der Waals surface area contributed by atoms with Gasteiger partial charge in [-0.15, -0.1) is 0 Å². The lowest BCUT2D eigenvalue weighted by atomic mass is 9.86. The first-order valence-electron chi connectivity index (χ1n) is 6.98. The van der Waals surface area contributed by atoms with Crippen molar-refractivity contribution in [3.8, 4) is 0 Å². The Balaban J connectivity index is 2.38. The topological polar surface area (TPSA) is 70.8 Å². The average molecular weight is 279 g/mol. The van der Waals surface area contributed by atoms with Gasteiger partial charge in [-0.2, -0.15) is 0 Å². The van der Waals surface area contributed by atoms with E-state index in [-0.39, 0.29) is 11.8 Å². The molecule has 0 radical (unpaired) electrons. The van der Waals surface area contributed by atoms with E-state index in [4.69, 9.17) is 4.42 Å². The lowest BCUT2D eigenvalue weighted by molar-refractivity contribution is -0.153. The number of piperidine rings is 1. The quantitative estimate of drug-likeness (QED) is 0.919. The van der Waals surface area contributed by atoms with Crippen molar-refractivity contribution < 1.29 is 19.1 Å². The number of aryl methyl sites for hydroxylation is 1. The van der Waals surface area contributed by atoms with Gasteiger partial charge in [0.25, 0.3) is 0 Å². The number of nitrogens with zero attached hydrogens (tertiary/aromatic N) is 1. The molecule has 2 rings (SSSR count). The molecule has 2 unspecified atom stereocenters. The number of aliphatic carboxylic acids is 1. The molecule has 0 spiro atoms. The van der Waals surface area contributed by atoms with Crippen LogP contribution in [0.1, 0.15) is 44.3 Å². The summed E-state index contributed by atoms with van der Waals surface area (Å²) >= 11 is 0. The van der Waals surface area contributed by atoms with Gasteiger partial charge in [-0.3, -0.25) is 9.59 Å². The van der Waals surface area contributed by atoms with Crippen molar-refractivity contribution in [2.75, 3.05) is 6.54 Å². The predicted molar refractivity (Wildman–Crippen MR) is 73.1 cm³/mol. The molecule has 110 valence electrons. The molecule has 20 heavy (non-hydrogen) atoms. The number of rotatable bonds is 4. The molecule has 0 aliphatic carbocycles. The molecule has 5 nitrogen and oxygen atoms in total. The van der Waals surface area contributed by atoms with E-state index in [0.29, 0.717) is 25.1 Å². The SMILES string of the molecule is Cc1ccc(C2C(C(=O)O)CCC(=O)N2CC(C)C)o1. The molecule has 1 amide bonds. The first kappa shape index (κ1) is 14.6. The zero-order chi connectivity index (χ0) is 14.9. The molecule has 1 N–H and O–H groups in total. The van der Waals surface area contributed by atoms with Gasteiger partial charge in [0.15, 0.2) is 0 Å². The lowest BCUT2D eigenvalue weighted by Crippen LogP contribution is -2.46. The van der Waals surface area contributed by atoms with E-state index in [1.54, 1.807) is 17.0 Å². The van der Waals surface area contributed by atoms with Gasteiger partial charge < -0.3 is 14.4 Å². The first-order valence-corrected chi connectivity index (χ1v) is 6.98. The molecule has 0 aromatic carbocycles. The average Bonchev–Trinajstić information content (AvgIpc) is 2.77. The van der Waals surface area contributed by atoms with Crippen LogP contribution >= 0.6 is 0 Å². The summed E-state index contributed by atoms with van der Waals surface area (Å²) in [6.45, 7) is 6.40. The molecule has 1 aromatic rings. The van der Waals surface area contributed by atoms with Crippen LogP contribution in [0.4, 0.5) is 0 Å². The number of carbonyl (C=O) groups is 2. The van der Waals surface area contributed by atoms with Gasteiger partial charge in [0, 0.05) is 13.0 Å². The Labute approximate surface area is 118 Å². The molecule has 2 atom stereocenters. The Kier molecular flexibility index (Phi) is 4.16. The van der Waals surface area contributed by atoms with Crippen LogP contribution in [-0.4, -0.2) is 28.4 Å². The molecule has 1 saturated heterocycles. The molecule has 1 fully saturated rings. The highest BCUT2D eigenvalue weighted by atomic mass is 16.4. The highest BCUT2D eigenvalue weighted by molar-refractivity contribution is 5.81. The molecule has 2 heterocycles. The molecule has 1 aliphatic rings. The second kappa shape index (κ2) is 5.69. The number of carboxylic acids is 1. The van der Waals surface area contributed by atoms with E-state index in [2.05, 4.69) is 0 Å². The highest BCUT2D eigenvalue weighted by Gasteiger charge is 2.42. The minimum atomic E-state index is -0.870. The van der Waals surface area contributed by atoms with Crippen LogP contribution in [0.5, 0.6) is 0 Å². The number of likely N-dealkylation sites (tertiary alicyclic amines) is 1. The van der Waals surface area contributed by atoms with Crippen LogP contribution < -0.4 is 0 Å². The maximum Gasteiger partial charge on any atom is 0.309 e. The van der Waals surface area contributed by atoms with Crippen LogP contribution in [0, 0.1) is 18.8 Å². The third-order valence-electron chi connectivity index (χ3n) is 3.64. The summed E-state index contributed by atoms with van der Waals surface area (Å²) in [6.07, 6.45) is 0.660. The summed E-state index contributed by atoms with van der Waals surface area (Å²) in [5.41, 5.74) is 0. The van der Waals surface area contributed by atoms with Crippen molar-refractivity contribution in [2.45, 2.75) is 39.7 Å². The van der Waals surface area contributed by atoms with Crippen LogP contribution in [0.15, 0.2) is 16.5 Å². The maximum absolute atomic E-state index is 12.2. The number of amides is 1. The smallest absolute Gasteiger partial charge is 0.309 e. The summed E-state index contributed by atoms with van der Waals surface area (Å²) in [5.74, 6) is 0.123. The number of carboxylic acid groups (broad SMARTS) is 1. The van der Waals surface area contributed by atoms with Gasteiger partial charge in [0.2, 0.25) is 5.91 Å². The Morgan fingerprint density at radius 1 is 1.50 bits per heavy atom. The second-order valence-electron chi connectivity index (χ2n) is 5.82. The Morgan fingerprint density at radius 2 is 2.20 bits per heavy atom. The van der Waals surface area contributed by atoms with Crippen LogP contribution in [-0.2, 0) is 9.59 Å². The van der Waals surface area contributed by atoms with Crippen molar-refractivity contribution in [3.05, 3.63) is 23.7 Å². The van der Waals surface area contributed by atoms with Crippen LogP contribution in [0.25, 0.3) is 0 Å². The zero-order valence-electron chi connectivity index (χ0n) is 12.1. The third kappa shape index (κ3) is 2.86. The zero-order valence-corrected chi connectivity index (χ0v) is 12.1. The van der Waals surface area contributed by atoms with Crippen LogP contribution in [0.3, 0.4) is 0 Å². The van der Waals surface area contributed by atoms with Gasteiger partial charge in [0.1, 0.15) is 17.6 Å². The van der Waals surface area contributed by atoms with Gasteiger partial charge in [-0.05, 0) is 31.4 Å². The molecule has 0 bridgehead atoms. The molecule has 0 saturated carbocycles. The maximum atomic E-state index is 12.2. The van der Waals surface area contributed by atoms with Crippen molar-refractivity contribution in [2.24, 2.45) is 11.8 Å². The van der Waals surface area contributed by atoms with E-state index in [1.165, 1.54) is 0 Å². The van der Waals surface area contributed by atoms with E-state index in [0.717, 1.165) is 5.76 Å². The van der Waals surface area contributed by atoms with Crippen molar-refractivity contribution in [3.63, 3.8) is 0 Å². The van der Waals surface area contributed by atoms with Gasteiger partial charge in [-0.25, -0.2) is 0 Å². The van der Waals surface area contributed by atoms with E-state index in [1.807, 2.05) is 20.8 Å². The number of carbonyl (C=O) groups excluding carboxylic acids is 1. The normalized spacial score (nSPS) is 23.4. The van der Waals surface area contributed by atoms with Gasteiger partial charge in [0.05, 0.1) is 5.92 Å². The van der Waals surface area contributed by atoms with Gasteiger partial charge in [-0.1, -0.05) is 13.8 Å². The monoisotopic (exact) mass is 279 g/mol. The van der Waals surface area contributed by atoms with Crippen molar-refractivity contribution in [1.29, 1.82) is 0 Å². The molecular weight excluding hydrogens is 258 g/mol. The molecular formula is C15H21NO4. The number of hydrogen-bond donors (Lipinski definition) is 1. The minimum absolute atomic E-state index is 0.00949. The van der Waals surface area contributed by atoms with Crippen molar-refractivity contribution >= 4 is 11.9 Å². The van der Waals surface area contributed by atoms with Gasteiger partial charge >= 0.3 is 5.97 Å². The fourth-order valence-corrected chi connectivity index (χ4v) is 2.78. The number of hydrogen-bond acceptors (Lipinski definition) is 3. The third-order valence-corrected chi connectivity index (χ3v) is 3.64. The minimum Gasteiger partial charge on any atom is -0.481 e. The van der Waals surface area contributed by atoms with Crippen molar-refractivity contribution in [1.82, 2.24) is 4.90 Å². The fraction of sp³-hybridized carbons (Fsp3) is 0.600. The summed E-state index contributed by atoms with van der Waals surface area (Å²) in [4.78, 5) is 25.4. The number of furan rings is 1. The standard InChI is InChI=1S/C15H21NO4/c1-9(2)8-16-13(17)7-5-11(15(18)19)14(16)12-6-4-10(3)20-12/h4,6,9,11,14H,5,7-8H2,1-3H3,(H,18,19). The Bertz CT molecular complexity index is 506. The summed E-state index contributed by atoms with van der Waals surface area (Å²) in [7, 11) is 0. The fourth-order valence-electron chi connectivity index (χ4n) is 2.78. The summed E-state index contributed by atoms with van der Waals surface area (Å²) in [5, 5.41) is 9.44. The second-order valence-corrected chi connectivity index (χ2v) is 5.82. The molecule has 1 aromatic heterocycles. The van der Waals surface area contributed by atoms with E-state index >= 15 is 0 Å². The highest BCUT2D eigenvalue weighted by Crippen LogP contribution is 2.38. The summed E-state index contributed by atoms with van der Waals surface area (Å²) in [6, 6.07) is 3.09. The largest absolute Gasteiger partial charge is 0.481 e. The first-order chi connectivity index (χ1) is 9.40. The molecule has 1 aliphatic heterocycles. The van der Waals surface area contributed by atoms with E-state index in [9.17, 15) is 14.7 Å². The molecule has 5 heteroatoms. The predicted octanol–water partition coefficient (Wildman–Crippen LogP) is 2.61. The summed E-state index contributed by atoms with van der Waals surface area (Å²) < 4.78 is 5.61. The Morgan fingerprint density at radius 3 is 2.70 bits per heavy atom. The van der Waals surface area contributed by atoms with Crippen LogP contribution in [0.2, 0.25) is 0 Å².